The zero-order chi connectivity index (χ0) is 32.3. The fourth-order valence-corrected chi connectivity index (χ4v) is 7.69. The van der Waals surface area contributed by atoms with Crippen LogP contribution in [0.2, 0.25) is 0 Å². The molecule has 3 fully saturated rings. The van der Waals surface area contributed by atoms with Crippen molar-refractivity contribution in [3.05, 3.63) is 89.1 Å². The Labute approximate surface area is 273 Å². The Bertz CT molecular complexity index is 1870. The first-order valence-corrected chi connectivity index (χ1v) is 16.5. The summed E-state index contributed by atoms with van der Waals surface area (Å²) >= 11 is 0. The van der Waals surface area contributed by atoms with Gasteiger partial charge in [0.2, 0.25) is 11.8 Å². The van der Waals surface area contributed by atoms with Crippen molar-refractivity contribution in [2.75, 3.05) is 36.4 Å². The Morgan fingerprint density at radius 3 is 2.53 bits per heavy atom. The van der Waals surface area contributed by atoms with E-state index in [1.165, 1.54) is 11.3 Å². The maximum atomic E-state index is 13.0. The summed E-state index contributed by atoms with van der Waals surface area (Å²) in [5.74, 6) is -0.922. The number of aromatic nitrogens is 2. The number of piperidine rings is 2. The zero-order valence-corrected chi connectivity index (χ0v) is 26.5. The summed E-state index contributed by atoms with van der Waals surface area (Å²) in [4.78, 5) is 43.2. The van der Waals surface area contributed by atoms with E-state index >= 15 is 0 Å². The Morgan fingerprint density at radius 1 is 0.979 bits per heavy atom. The highest BCUT2D eigenvalue weighted by molar-refractivity contribution is 6.05. The van der Waals surface area contributed by atoms with E-state index in [0.29, 0.717) is 37.7 Å². The number of amides is 3. The van der Waals surface area contributed by atoms with Crippen LogP contribution >= 0.6 is 0 Å². The Balaban J connectivity index is 0.828. The molecular formula is C36H39N7O4. The molecule has 1 aromatic heterocycles. The van der Waals surface area contributed by atoms with Crippen molar-refractivity contribution in [2.24, 2.45) is 7.05 Å². The summed E-state index contributed by atoms with van der Waals surface area (Å²) in [6.45, 7) is 4.07. The van der Waals surface area contributed by atoms with Crippen molar-refractivity contribution in [1.29, 1.82) is 0 Å². The summed E-state index contributed by atoms with van der Waals surface area (Å²) in [5, 5.41) is 23.0. The topological polar surface area (TPSA) is 123 Å². The number of hydrogen-bond acceptors (Lipinski definition) is 8. The SMILES string of the molecule is Cn1ncc2cc(NC3CCN(c4ccc(CN5CC(O)(c6ccc7c(c6)CN(C6CCC(=O)NC6=O)C7=O)C5)cc4)CC3)ccc21. The Morgan fingerprint density at radius 2 is 1.77 bits per heavy atom. The van der Waals surface area contributed by atoms with Crippen LogP contribution in [0.3, 0.4) is 0 Å². The Kier molecular flexibility index (Phi) is 7.25. The molecule has 0 spiro atoms. The van der Waals surface area contributed by atoms with Crippen LogP contribution in [0, 0.1) is 0 Å². The van der Waals surface area contributed by atoms with Gasteiger partial charge >= 0.3 is 0 Å². The van der Waals surface area contributed by atoms with E-state index in [2.05, 4.69) is 68.0 Å². The quantitative estimate of drug-likeness (QED) is 0.266. The predicted octanol–water partition coefficient (Wildman–Crippen LogP) is 3.12. The van der Waals surface area contributed by atoms with E-state index in [-0.39, 0.29) is 18.2 Å². The molecule has 242 valence electrons. The molecule has 3 amide bonds. The number of carbonyl (C=O) groups is 3. The fourth-order valence-electron chi connectivity index (χ4n) is 7.69. The van der Waals surface area contributed by atoms with Gasteiger partial charge in [0.15, 0.2) is 0 Å². The lowest BCUT2D eigenvalue weighted by Gasteiger charge is -2.47. The number of β-amino-alcohol motifs (C(OH)–C–C–N with tert-alkyl or cyclic N) is 1. The van der Waals surface area contributed by atoms with Crippen molar-refractivity contribution in [1.82, 2.24) is 24.9 Å². The number of hydrogen-bond donors (Lipinski definition) is 3. The number of likely N-dealkylation sites (tertiary alicyclic amines) is 1. The van der Waals surface area contributed by atoms with Crippen molar-refractivity contribution in [3.8, 4) is 0 Å². The minimum Gasteiger partial charge on any atom is -0.382 e. The second-order valence-corrected chi connectivity index (χ2v) is 13.6. The smallest absolute Gasteiger partial charge is 0.255 e. The molecule has 4 aliphatic heterocycles. The van der Waals surface area contributed by atoms with Crippen molar-refractivity contribution in [2.45, 2.75) is 56.5 Å². The lowest BCUT2D eigenvalue weighted by molar-refractivity contribution is -0.136. The van der Waals surface area contributed by atoms with Gasteiger partial charge < -0.3 is 20.2 Å². The zero-order valence-electron chi connectivity index (χ0n) is 26.5. The van der Waals surface area contributed by atoms with E-state index in [9.17, 15) is 19.5 Å². The van der Waals surface area contributed by atoms with Crippen LogP contribution in [0.25, 0.3) is 10.9 Å². The molecule has 11 heteroatoms. The number of fused-ring (bicyclic) bond motifs is 2. The number of nitrogens with zero attached hydrogens (tertiary/aromatic N) is 5. The number of carbonyl (C=O) groups excluding carboxylic acids is 3. The first-order chi connectivity index (χ1) is 22.7. The van der Waals surface area contributed by atoms with Gasteiger partial charge in [0.25, 0.3) is 5.91 Å². The molecule has 0 bridgehead atoms. The first kappa shape index (κ1) is 29.6. The molecule has 8 rings (SSSR count). The van der Waals surface area contributed by atoms with Gasteiger partial charge in [-0.3, -0.25) is 29.3 Å². The van der Waals surface area contributed by atoms with Crippen LogP contribution in [0.1, 0.15) is 52.7 Å². The highest BCUT2D eigenvalue weighted by atomic mass is 16.3. The molecule has 0 radical (unpaired) electrons. The van der Waals surface area contributed by atoms with Crippen LogP contribution in [0.5, 0.6) is 0 Å². The highest BCUT2D eigenvalue weighted by Crippen LogP contribution is 2.37. The number of rotatable bonds is 7. The van der Waals surface area contributed by atoms with Gasteiger partial charge in [-0.05, 0) is 72.4 Å². The van der Waals surface area contributed by atoms with E-state index in [0.717, 1.165) is 60.2 Å². The number of aliphatic hydroxyl groups is 1. The molecule has 0 aliphatic carbocycles. The van der Waals surface area contributed by atoms with E-state index in [1.54, 1.807) is 11.0 Å². The van der Waals surface area contributed by atoms with Gasteiger partial charge in [0.05, 0.1) is 11.7 Å². The standard InChI is InChI=1S/C36H39N7O4/c1-40-31-9-5-28(17-24(31)18-37-40)38-27-12-14-42(15-13-27)29-6-2-23(3-7-29)19-41-21-36(47,22-41)26-4-8-30-25(16-26)20-43(35(30)46)32-10-11-33(44)39-34(32)45/h2-9,16-18,27,32,38,47H,10-15,19-22H2,1H3,(H,39,44,45). The molecule has 47 heavy (non-hydrogen) atoms. The third kappa shape index (κ3) is 5.53. The normalized spacial score (nSPS) is 21.6. The van der Waals surface area contributed by atoms with Gasteiger partial charge in [-0.1, -0.05) is 24.3 Å². The summed E-state index contributed by atoms with van der Waals surface area (Å²) in [6.07, 6.45) is 4.62. The highest BCUT2D eigenvalue weighted by Gasteiger charge is 2.44. The third-order valence-electron chi connectivity index (χ3n) is 10.4. The molecule has 0 saturated carbocycles. The van der Waals surface area contributed by atoms with Crippen LogP contribution in [-0.2, 0) is 35.3 Å². The van der Waals surface area contributed by atoms with Gasteiger partial charge in [-0.2, -0.15) is 5.10 Å². The molecule has 5 heterocycles. The van der Waals surface area contributed by atoms with Gasteiger partial charge in [0.1, 0.15) is 11.6 Å². The molecule has 3 N–H and O–H groups in total. The van der Waals surface area contributed by atoms with Crippen molar-refractivity contribution >= 4 is 40.0 Å². The summed E-state index contributed by atoms with van der Waals surface area (Å²) in [5.41, 5.74) is 5.90. The average Bonchev–Trinajstić information content (AvgIpc) is 3.59. The molecule has 1 unspecified atom stereocenters. The van der Waals surface area contributed by atoms with E-state index < -0.39 is 17.6 Å². The summed E-state index contributed by atoms with van der Waals surface area (Å²) in [7, 11) is 1.97. The molecule has 11 nitrogen and oxygen atoms in total. The number of benzene rings is 3. The van der Waals surface area contributed by atoms with Gasteiger partial charge in [0, 0.05) is 81.1 Å². The molecule has 3 aromatic carbocycles. The number of aryl methyl sites for hydroxylation is 1. The third-order valence-corrected chi connectivity index (χ3v) is 10.4. The van der Waals surface area contributed by atoms with Crippen LogP contribution in [0.4, 0.5) is 11.4 Å². The molecule has 4 aliphatic rings. The van der Waals surface area contributed by atoms with Crippen molar-refractivity contribution in [3.63, 3.8) is 0 Å². The number of anilines is 2. The lowest BCUT2D eigenvalue weighted by Crippen LogP contribution is -2.58. The van der Waals surface area contributed by atoms with Crippen molar-refractivity contribution < 1.29 is 19.5 Å². The molecule has 4 aromatic rings. The minimum atomic E-state index is -0.984. The summed E-state index contributed by atoms with van der Waals surface area (Å²) < 4.78 is 1.90. The minimum absolute atomic E-state index is 0.202. The average molecular weight is 634 g/mol. The van der Waals surface area contributed by atoms with Crippen LogP contribution in [0.15, 0.2) is 66.9 Å². The number of nitrogens with one attached hydrogen (secondary N) is 2. The van der Waals surface area contributed by atoms with Gasteiger partial charge in [-0.25, -0.2) is 0 Å². The maximum absolute atomic E-state index is 13.0. The molecular weight excluding hydrogens is 594 g/mol. The molecule has 3 saturated heterocycles. The van der Waals surface area contributed by atoms with E-state index in [4.69, 9.17) is 0 Å². The van der Waals surface area contributed by atoms with E-state index in [1.807, 2.05) is 30.1 Å². The predicted molar refractivity (Wildman–Crippen MR) is 178 cm³/mol. The second kappa shape index (κ2) is 11.5. The second-order valence-electron chi connectivity index (χ2n) is 13.6. The first-order valence-electron chi connectivity index (χ1n) is 16.5. The number of imide groups is 1. The Hall–Kier alpha value is -4.74. The molecule has 1 atom stereocenters. The fraction of sp³-hybridized carbons (Fsp3) is 0.389. The van der Waals surface area contributed by atoms with Crippen LogP contribution < -0.4 is 15.5 Å². The van der Waals surface area contributed by atoms with Crippen LogP contribution in [-0.4, -0.2) is 80.7 Å². The maximum Gasteiger partial charge on any atom is 0.255 e. The van der Waals surface area contributed by atoms with Gasteiger partial charge in [-0.15, -0.1) is 0 Å². The monoisotopic (exact) mass is 633 g/mol. The lowest BCUT2D eigenvalue weighted by atomic mass is 9.84. The summed E-state index contributed by atoms with van der Waals surface area (Å²) in [6, 6.07) is 20.5. The largest absolute Gasteiger partial charge is 0.382 e.